The Labute approximate surface area is 160 Å². The van der Waals surface area contributed by atoms with Crippen molar-refractivity contribution in [3.05, 3.63) is 29.3 Å². The van der Waals surface area contributed by atoms with Crippen LogP contribution < -0.4 is 4.90 Å². The Hall–Kier alpha value is -1.75. The highest BCUT2D eigenvalue weighted by Crippen LogP contribution is 2.39. The molecule has 1 aromatic rings. The van der Waals surface area contributed by atoms with Gasteiger partial charge in [-0.1, -0.05) is 20.8 Å². The van der Waals surface area contributed by atoms with Gasteiger partial charge in [0.1, 0.15) is 0 Å². The molecule has 0 heterocycles. The van der Waals surface area contributed by atoms with Crippen LogP contribution in [0.3, 0.4) is 0 Å². The molecular weight excluding hydrogens is 408 g/mol. The van der Waals surface area contributed by atoms with Gasteiger partial charge >= 0.3 is 18.4 Å². The maximum atomic E-state index is 13.0. The summed E-state index contributed by atoms with van der Waals surface area (Å²) in [4.78, 5) is 11.9. The first-order valence-corrected chi connectivity index (χ1v) is 11.2. The third-order valence-electron chi connectivity index (χ3n) is 4.70. The number of nitrogens with zero attached hydrogens (tertiary/aromatic N) is 1. The van der Waals surface area contributed by atoms with Crippen molar-refractivity contribution >= 4 is 20.1 Å². The van der Waals surface area contributed by atoms with E-state index < -0.39 is 50.1 Å². The number of anilines is 1. The molecule has 11 heteroatoms. The summed E-state index contributed by atoms with van der Waals surface area (Å²) in [5.41, 5.74) is -3.86. The van der Waals surface area contributed by atoms with Crippen molar-refractivity contribution in [3.63, 3.8) is 0 Å². The molecule has 0 radical (unpaired) electrons. The number of halogens is 6. The number of amides is 1. The van der Waals surface area contributed by atoms with Crippen molar-refractivity contribution in [2.24, 2.45) is 0 Å². The fourth-order valence-electron chi connectivity index (χ4n) is 2.04. The molecule has 1 aromatic carbocycles. The minimum absolute atomic E-state index is 0.0460. The normalized spacial score (nSPS) is 13.5. The average Bonchev–Trinajstić information content (AvgIpc) is 2.47. The third kappa shape index (κ3) is 6.13. The number of benzene rings is 1. The van der Waals surface area contributed by atoms with Gasteiger partial charge in [0, 0.05) is 5.69 Å². The highest BCUT2D eigenvalue weighted by atomic mass is 28.4. The minimum Gasteiger partial charge on any atom is -0.465 e. The molecule has 0 spiro atoms. The lowest BCUT2D eigenvalue weighted by Gasteiger charge is -2.36. The quantitative estimate of drug-likeness (QED) is 0.444. The molecule has 28 heavy (non-hydrogen) atoms. The van der Waals surface area contributed by atoms with Crippen molar-refractivity contribution in [1.29, 1.82) is 0 Å². The molecule has 160 valence electrons. The lowest BCUT2D eigenvalue weighted by Crippen LogP contribution is -2.43. The van der Waals surface area contributed by atoms with Gasteiger partial charge in [0.05, 0.1) is 24.3 Å². The van der Waals surface area contributed by atoms with E-state index in [9.17, 15) is 36.2 Å². The molecule has 0 unspecified atom stereocenters. The smallest absolute Gasteiger partial charge is 0.416 e. The van der Waals surface area contributed by atoms with Crippen LogP contribution in [-0.2, 0) is 16.8 Å². The van der Waals surface area contributed by atoms with Gasteiger partial charge < -0.3 is 9.53 Å². The van der Waals surface area contributed by atoms with Crippen LogP contribution in [0.5, 0.6) is 0 Å². The number of hydrogen-bond donors (Lipinski definition) is 1. The molecule has 0 atom stereocenters. The Morgan fingerprint density at radius 2 is 1.43 bits per heavy atom. The second-order valence-electron chi connectivity index (χ2n) is 7.81. The van der Waals surface area contributed by atoms with Gasteiger partial charge in [0.2, 0.25) is 0 Å². The zero-order chi connectivity index (χ0) is 22.1. The molecule has 0 saturated carbocycles. The van der Waals surface area contributed by atoms with Crippen molar-refractivity contribution in [2.75, 3.05) is 18.1 Å². The highest BCUT2D eigenvalue weighted by molar-refractivity contribution is 6.74. The van der Waals surface area contributed by atoms with E-state index in [0.29, 0.717) is 17.0 Å². The van der Waals surface area contributed by atoms with E-state index in [1.54, 1.807) is 0 Å². The summed E-state index contributed by atoms with van der Waals surface area (Å²) in [6.07, 6.45) is -11.8. The topological polar surface area (TPSA) is 49.8 Å². The second-order valence-corrected chi connectivity index (χ2v) is 12.6. The summed E-state index contributed by atoms with van der Waals surface area (Å²) in [6.45, 7) is 9.05. The maximum absolute atomic E-state index is 13.0. The van der Waals surface area contributed by atoms with Crippen LogP contribution >= 0.6 is 0 Å². The Kier molecular flexibility index (Phi) is 6.88. The van der Waals surface area contributed by atoms with Gasteiger partial charge in [-0.25, -0.2) is 4.79 Å². The molecule has 1 rings (SSSR count). The predicted molar refractivity (Wildman–Crippen MR) is 95.0 cm³/mol. The van der Waals surface area contributed by atoms with Crippen LogP contribution in [0.1, 0.15) is 31.9 Å². The first-order valence-electron chi connectivity index (χ1n) is 8.30. The Bertz CT molecular complexity index is 678. The minimum atomic E-state index is -5.06. The van der Waals surface area contributed by atoms with E-state index in [0.717, 1.165) is 0 Å². The molecule has 0 saturated heterocycles. The SMILES string of the molecule is CC(C)(C)[Si](C)(C)OCCN(C(=O)O)c1cc(C(F)(F)F)cc(C(F)(F)F)c1. The van der Waals surface area contributed by atoms with Crippen molar-refractivity contribution in [1.82, 2.24) is 0 Å². The monoisotopic (exact) mass is 431 g/mol. The summed E-state index contributed by atoms with van der Waals surface area (Å²) >= 11 is 0. The summed E-state index contributed by atoms with van der Waals surface area (Å²) in [7, 11) is -2.27. The molecule has 0 aliphatic carbocycles. The molecular formula is C17H23F6NO3Si. The van der Waals surface area contributed by atoms with Crippen LogP contribution in [0, 0.1) is 0 Å². The number of rotatable bonds is 5. The van der Waals surface area contributed by atoms with E-state index in [4.69, 9.17) is 4.43 Å². The van der Waals surface area contributed by atoms with Crippen molar-refractivity contribution in [3.8, 4) is 0 Å². The molecule has 0 bridgehead atoms. The van der Waals surface area contributed by atoms with E-state index in [1.807, 2.05) is 33.9 Å². The lowest BCUT2D eigenvalue weighted by molar-refractivity contribution is -0.143. The van der Waals surface area contributed by atoms with E-state index in [-0.39, 0.29) is 17.7 Å². The molecule has 0 aliphatic rings. The summed E-state index contributed by atoms with van der Waals surface area (Å²) in [6, 6.07) is 0.723. The number of alkyl halides is 6. The number of carbonyl (C=O) groups is 1. The second kappa shape index (κ2) is 7.94. The third-order valence-corrected chi connectivity index (χ3v) is 9.24. The van der Waals surface area contributed by atoms with Gasteiger partial charge in [-0.2, -0.15) is 26.3 Å². The van der Waals surface area contributed by atoms with Crippen LogP contribution in [0.4, 0.5) is 36.8 Å². The van der Waals surface area contributed by atoms with Crippen LogP contribution in [0.2, 0.25) is 18.1 Å². The standard InChI is InChI=1S/C17H23F6NO3Si/c1-15(2,3)28(4,5)27-7-6-24(14(25)26)13-9-11(16(18,19)20)8-12(10-13)17(21,22)23/h8-10H,6-7H2,1-5H3,(H,25,26). The summed E-state index contributed by atoms with van der Waals surface area (Å²) in [5, 5.41) is 9.13. The largest absolute Gasteiger partial charge is 0.465 e. The molecule has 4 nitrogen and oxygen atoms in total. The Morgan fingerprint density at radius 1 is 1.00 bits per heavy atom. The number of carboxylic acid groups (broad SMARTS) is 1. The molecule has 0 aliphatic heterocycles. The van der Waals surface area contributed by atoms with E-state index in [1.165, 1.54) is 0 Å². The van der Waals surface area contributed by atoms with Crippen LogP contribution in [0.15, 0.2) is 18.2 Å². The molecule has 0 aromatic heterocycles. The Balaban J connectivity index is 3.22. The van der Waals surface area contributed by atoms with E-state index >= 15 is 0 Å². The zero-order valence-electron chi connectivity index (χ0n) is 16.1. The fourth-order valence-corrected chi connectivity index (χ4v) is 3.07. The van der Waals surface area contributed by atoms with Gasteiger partial charge in [-0.3, -0.25) is 4.90 Å². The lowest BCUT2D eigenvalue weighted by atomic mass is 10.1. The van der Waals surface area contributed by atoms with Gasteiger partial charge in [0.15, 0.2) is 8.32 Å². The molecule has 1 amide bonds. The van der Waals surface area contributed by atoms with Gasteiger partial charge in [0.25, 0.3) is 0 Å². The highest BCUT2D eigenvalue weighted by Gasteiger charge is 2.39. The average molecular weight is 431 g/mol. The maximum Gasteiger partial charge on any atom is 0.416 e. The first kappa shape index (κ1) is 24.3. The zero-order valence-corrected chi connectivity index (χ0v) is 17.1. The van der Waals surface area contributed by atoms with Crippen LogP contribution in [-0.4, -0.2) is 32.7 Å². The number of hydrogen-bond acceptors (Lipinski definition) is 2. The Morgan fingerprint density at radius 3 is 1.75 bits per heavy atom. The van der Waals surface area contributed by atoms with Crippen LogP contribution in [0.25, 0.3) is 0 Å². The van der Waals surface area contributed by atoms with Crippen molar-refractivity contribution < 1.29 is 40.7 Å². The van der Waals surface area contributed by atoms with Gasteiger partial charge in [-0.05, 0) is 36.3 Å². The predicted octanol–water partition coefficient (Wildman–Crippen LogP) is 6.23. The van der Waals surface area contributed by atoms with Gasteiger partial charge in [-0.15, -0.1) is 0 Å². The molecule has 0 fully saturated rings. The summed E-state index contributed by atoms with van der Waals surface area (Å²) in [5.74, 6) is 0. The molecule has 1 N–H and O–H groups in total. The first-order chi connectivity index (χ1) is 12.4. The van der Waals surface area contributed by atoms with E-state index in [2.05, 4.69) is 0 Å². The fraction of sp³-hybridized carbons (Fsp3) is 0.588. The van der Waals surface area contributed by atoms with Crippen molar-refractivity contribution in [2.45, 2.75) is 51.3 Å². The summed E-state index contributed by atoms with van der Waals surface area (Å²) < 4.78 is 83.7.